The number of hydrogen-bond donors (Lipinski definition) is 1. The summed E-state index contributed by atoms with van der Waals surface area (Å²) in [5, 5.41) is 18.0. The lowest BCUT2D eigenvalue weighted by Gasteiger charge is -2.09. The van der Waals surface area contributed by atoms with Gasteiger partial charge < -0.3 is 5.11 Å². The maximum absolute atomic E-state index is 9.93. The van der Waals surface area contributed by atoms with E-state index in [0.29, 0.717) is 11.7 Å². The first-order chi connectivity index (χ1) is 8.11. The van der Waals surface area contributed by atoms with Gasteiger partial charge in [0.1, 0.15) is 5.75 Å². The van der Waals surface area contributed by atoms with Crippen molar-refractivity contribution in [1.82, 2.24) is 15.0 Å². The van der Waals surface area contributed by atoms with Crippen molar-refractivity contribution in [3.05, 3.63) is 35.7 Å². The number of phenols is 1. The molecular weight excluding hydrogens is 214 g/mol. The van der Waals surface area contributed by atoms with E-state index in [9.17, 15) is 5.11 Å². The maximum Gasteiger partial charge on any atom is 0.121 e. The third-order valence-corrected chi connectivity index (χ3v) is 2.80. The number of aryl methyl sites for hydroxylation is 1. The fraction of sp³-hybridized carbons (Fsp3) is 0.385. The van der Waals surface area contributed by atoms with Crippen LogP contribution in [0.1, 0.15) is 37.9 Å². The Hall–Kier alpha value is -1.84. The number of phenolic OH excluding ortho intramolecular Hbond substituents is 1. The van der Waals surface area contributed by atoms with E-state index in [1.54, 1.807) is 10.7 Å². The van der Waals surface area contributed by atoms with Gasteiger partial charge >= 0.3 is 0 Å². The molecule has 4 heteroatoms. The molecule has 0 spiro atoms. The molecule has 1 aromatic heterocycles. The second kappa shape index (κ2) is 4.57. The molecule has 0 fully saturated rings. The van der Waals surface area contributed by atoms with Crippen molar-refractivity contribution < 1.29 is 5.11 Å². The predicted octanol–water partition coefficient (Wildman–Crippen LogP) is 2.66. The SMILES string of the molecule is CCc1cn(-c2ccc(C(C)C)c(O)c2)nn1. The lowest BCUT2D eigenvalue weighted by atomic mass is 10.0. The van der Waals surface area contributed by atoms with Crippen LogP contribution >= 0.6 is 0 Å². The highest BCUT2D eigenvalue weighted by atomic mass is 16.3. The average molecular weight is 231 g/mol. The summed E-state index contributed by atoms with van der Waals surface area (Å²) in [6.07, 6.45) is 2.74. The molecule has 2 rings (SSSR count). The van der Waals surface area contributed by atoms with Gasteiger partial charge in [0.25, 0.3) is 0 Å². The maximum atomic E-state index is 9.93. The molecule has 0 aliphatic carbocycles. The van der Waals surface area contributed by atoms with Gasteiger partial charge in [-0.15, -0.1) is 5.10 Å². The van der Waals surface area contributed by atoms with Crippen molar-refractivity contribution in [3.8, 4) is 11.4 Å². The van der Waals surface area contributed by atoms with Crippen LogP contribution in [0.5, 0.6) is 5.75 Å². The monoisotopic (exact) mass is 231 g/mol. The molecule has 90 valence electrons. The smallest absolute Gasteiger partial charge is 0.121 e. The van der Waals surface area contributed by atoms with E-state index >= 15 is 0 Å². The van der Waals surface area contributed by atoms with Crippen molar-refractivity contribution in [2.24, 2.45) is 0 Å². The topological polar surface area (TPSA) is 50.9 Å². The third kappa shape index (κ3) is 2.30. The number of hydrogen-bond acceptors (Lipinski definition) is 3. The van der Waals surface area contributed by atoms with E-state index in [4.69, 9.17) is 0 Å². The number of benzene rings is 1. The fourth-order valence-electron chi connectivity index (χ4n) is 1.75. The van der Waals surface area contributed by atoms with Gasteiger partial charge in [0.15, 0.2) is 0 Å². The van der Waals surface area contributed by atoms with Crippen LogP contribution in [0.25, 0.3) is 5.69 Å². The Bertz CT molecular complexity index is 517. The Morgan fingerprint density at radius 3 is 2.65 bits per heavy atom. The van der Waals surface area contributed by atoms with E-state index in [2.05, 4.69) is 24.2 Å². The number of aromatic nitrogens is 3. The van der Waals surface area contributed by atoms with Crippen LogP contribution < -0.4 is 0 Å². The molecule has 0 saturated heterocycles. The molecular formula is C13H17N3O. The molecule has 4 nitrogen and oxygen atoms in total. The first-order valence-corrected chi connectivity index (χ1v) is 5.86. The van der Waals surface area contributed by atoms with Crippen molar-refractivity contribution in [2.75, 3.05) is 0 Å². The summed E-state index contributed by atoms with van der Waals surface area (Å²) in [6, 6.07) is 5.61. The molecule has 0 bridgehead atoms. The first-order valence-electron chi connectivity index (χ1n) is 5.86. The molecule has 17 heavy (non-hydrogen) atoms. The van der Waals surface area contributed by atoms with E-state index in [-0.39, 0.29) is 0 Å². The highest BCUT2D eigenvalue weighted by Crippen LogP contribution is 2.27. The summed E-state index contributed by atoms with van der Waals surface area (Å²) < 4.78 is 1.68. The summed E-state index contributed by atoms with van der Waals surface area (Å²) in [7, 11) is 0. The zero-order valence-electron chi connectivity index (χ0n) is 10.4. The Labute approximate surface area is 101 Å². The minimum absolute atomic E-state index is 0.311. The second-order valence-electron chi connectivity index (χ2n) is 4.41. The summed E-state index contributed by atoms with van der Waals surface area (Å²) in [4.78, 5) is 0. The number of rotatable bonds is 3. The molecule has 0 saturated carbocycles. The minimum Gasteiger partial charge on any atom is -0.508 e. The van der Waals surface area contributed by atoms with Gasteiger partial charge in [-0.1, -0.05) is 32.1 Å². The quantitative estimate of drug-likeness (QED) is 0.883. The van der Waals surface area contributed by atoms with Gasteiger partial charge in [0, 0.05) is 6.07 Å². The molecule has 1 aromatic carbocycles. The summed E-state index contributed by atoms with van der Waals surface area (Å²) in [6.45, 7) is 6.15. The lowest BCUT2D eigenvalue weighted by Crippen LogP contribution is -1.96. The molecule has 0 aliphatic heterocycles. The van der Waals surface area contributed by atoms with E-state index in [1.807, 2.05) is 25.3 Å². The van der Waals surface area contributed by atoms with Gasteiger partial charge in [-0.2, -0.15) is 0 Å². The van der Waals surface area contributed by atoms with Crippen molar-refractivity contribution in [2.45, 2.75) is 33.1 Å². The Morgan fingerprint density at radius 2 is 2.12 bits per heavy atom. The minimum atomic E-state index is 0.311. The summed E-state index contributed by atoms with van der Waals surface area (Å²) >= 11 is 0. The van der Waals surface area contributed by atoms with Crippen molar-refractivity contribution in [1.29, 1.82) is 0 Å². The van der Waals surface area contributed by atoms with Crippen LogP contribution in [0.3, 0.4) is 0 Å². The van der Waals surface area contributed by atoms with Gasteiger partial charge in [0.2, 0.25) is 0 Å². The van der Waals surface area contributed by atoms with Gasteiger partial charge in [-0.3, -0.25) is 0 Å². The van der Waals surface area contributed by atoms with Crippen LogP contribution in [0.15, 0.2) is 24.4 Å². The summed E-state index contributed by atoms with van der Waals surface area (Å²) in [5.41, 5.74) is 2.72. The van der Waals surface area contributed by atoms with Crippen LogP contribution in [0.4, 0.5) is 0 Å². The van der Waals surface area contributed by atoms with Crippen molar-refractivity contribution >= 4 is 0 Å². The zero-order chi connectivity index (χ0) is 12.4. The van der Waals surface area contributed by atoms with Crippen LogP contribution in [-0.4, -0.2) is 20.1 Å². The molecule has 0 unspecified atom stereocenters. The largest absolute Gasteiger partial charge is 0.508 e. The molecule has 1 heterocycles. The van der Waals surface area contributed by atoms with E-state index < -0.39 is 0 Å². The number of aromatic hydroxyl groups is 1. The highest BCUT2D eigenvalue weighted by molar-refractivity contribution is 5.44. The van der Waals surface area contributed by atoms with E-state index in [1.165, 1.54) is 0 Å². The van der Waals surface area contributed by atoms with E-state index in [0.717, 1.165) is 23.4 Å². The third-order valence-electron chi connectivity index (χ3n) is 2.80. The van der Waals surface area contributed by atoms with Crippen LogP contribution in [0.2, 0.25) is 0 Å². The predicted molar refractivity (Wildman–Crippen MR) is 66.5 cm³/mol. The molecule has 0 radical (unpaired) electrons. The van der Waals surface area contributed by atoms with Gasteiger partial charge in [-0.05, 0) is 24.0 Å². The normalized spacial score (nSPS) is 11.1. The Kier molecular flexibility index (Phi) is 3.13. The first kappa shape index (κ1) is 11.6. The molecule has 0 aliphatic rings. The highest BCUT2D eigenvalue weighted by Gasteiger charge is 2.08. The van der Waals surface area contributed by atoms with Crippen molar-refractivity contribution in [3.63, 3.8) is 0 Å². The Morgan fingerprint density at radius 1 is 1.35 bits per heavy atom. The van der Waals surface area contributed by atoms with Crippen LogP contribution in [0, 0.1) is 0 Å². The standard InChI is InChI=1S/C13H17N3O/c1-4-10-8-16(15-14-10)11-5-6-12(9(2)3)13(17)7-11/h5-9,17H,4H2,1-3H3. The lowest BCUT2D eigenvalue weighted by molar-refractivity contribution is 0.464. The molecule has 0 amide bonds. The molecule has 1 N–H and O–H groups in total. The zero-order valence-corrected chi connectivity index (χ0v) is 10.4. The molecule has 2 aromatic rings. The number of nitrogens with zero attached hydrogens (tertiary/aromatic N) is 3. The van der Waals surface area contributed by atoms with Crippen LogP contribution in [-0.2, 0) is 6.42 Å². The fourth-order valence-corrected chi connectivity index (χ4v) is 1.75. The summed E-state index contributed by atoms with van der Waals surface area (Å²) in [5.74, 6) is 0.622. The van der Waals surface area contributed by atoms with Gasteiger partial charge in [-0.25, -0.2) is 4.68 Å². The Balaban J connectivity index is 2.37. The average Bonchev–Trinajstić information content (AvgIpc) is 2.76. The second-order valence-corrected chi connectivity index (χ2v) is 4.41. The van der Waals surface area contributed by atoms with Gasteiger partial charge in [0.05, 0.1) is 17.6 Å². The molecule has 0 atom stereocenters.